The third-order valence-electron chi connectivity index (χ3n) is 1.09. The molecule has 1 aromatic heterocycles. The Labute approximate surface area is 68.2 Å². The maximum absolute atomic E-state index is 12.7. The van der Waals surface area contributed by atoms with Crippen LogP contribution in [0.2, 0.25) is 0 Å². The van der Waals surface area contributed by atoms with Crippen LogP contribution in [0.25, 0.3) is 0 Å². The molecular weight excluding hydrogens is 163 g/mol. The predicted molar refractivity (Wildman–Crippen MR) is 38.9 cm³/mol. The van der Waals surface area contributed by atoms with Gasteiger partial charge in [0.05, 0.1) is 0 Å². The van der Waals surface area contributed by atoms with Crippen molar-refractivity contribution in [3.8, 4) is 5.75 Å². The first-order valence-electron chi connectivity index (χ1n) is 3.22. The molecule has 12 heavy (non-hydrogen) atoms. The third-order valence-corrected chi connectivity index (χ3v) is 1.09. The summed E-state index contributed by atoms with van der Waals surface area (Å²) >= 11 is 0. The summed E-state index contributed by atoms with van der Waals surface area (Å²) in [6.07, 6.45) is 1.28. The van der Waals surface area contributed by atoms with Gasteiger partial charge in [-0.15, -0.1) is 0 Å². The van der Waals surface area contributed by atoms with E-state index in [-0.39, 0.29) is 12.4 Å². The number of aromatic nitrogens is 1. The standard InChI is InChI=1S/C7H7FN2O2/c8-7-5(2-1-3-10-7)12-4-6(9)11/h1-3H,4H2,(H2,9,11). The van der Waals surface area contributed by atoms with Crippen LogP contribution in [-0.4, -0.2) is 17.5 Å². The Kier molecular flexibility index (Phi) is 2.57. The molecule has 0 bridgehead atoms. The minimum absolute atomic E-state index is 0.0729. The highest BCUT2D eigenvalue weighted by Gasteiger charge is 2.03. The van der Waals surface area contributed by atoms with Crippen molar-refractivity contribution < 1.29 is 13.9 Å². The van der Waals surface area contributed by atoms with Gasteiger partial charge in [0.1, 0.15) is 0 Å². The van der Waals surface area contributed by atoms with Gasteiger partial charge in [0.2, 0.25) is 0 Å². The van der Waals surface area contributed by atoms with Crippen molar-refractivity contribution >= 4 is 5.91 Å². The van der Waals surface area contributed by atoms with Crippen LogP contribution in [0.3, 0.4) is 0 Å². The van der Waals surface area contributed by atoms with Gasteiger partial charge in [-0.25, -0.2) is 4.98 Å². The second-order valence-electron chi connectivity index (χ2n) is 2.05. The normalized spacial score (nSPS) is 9.42. The molecule has 0 aliphatic carbocycles. The van der Waals surface area contributed by atoms with Gasteiger partial charge in [-0.3, -0.25) is 4.79 Å². The maximum Gasteiger partial charge on any atom is 0.255 e. The number of hydrogen-bond acceptors (Lipinski definition) is 3. The molecule has 0 aromatic carbocycles. The van der Waals surface area contributed by atoms with E-state index in [1.807, 2.05) is 0 Å². The summed E-state index contributed by atoms with van der Waals surface area (Å²) in [7, 11) is 0. The average Bonchev–Trinajstić information content (AvgIpc) is 2.03. The van der Waals surface area contributed by atoms with Crippen molar-refractivity contribution in [2.75, 3.05) is 6.61 Å². The highest BCUT2D eigenvalue weighted by molar-refractivity contribution is 5.75. The minimum atomic E-state index is -0.751. The van der Waals surface area contributed by atoms with Crippen LogP contribution in [0.5, 0.6) is 5.75 Å². The average molecular weight is 170 g/mol. The molecule has 0 spiro atoms. The summed E-state index contributed by atoms with van der Waals surface area (Å²) < 4.78 is 17.3. The molecule has 0 aliphatic heterocycles. The number of nitrogens with zero attached hydrogens (tertiary/aromatic N) is 1. The zero-order chi connectivity index (χ0) is 8.97. The monoisotopic (exact) mass is 170 g/mol. The van der Waals surface area contributed by atoms with Crippen LogP contribution in [0.4, 0.5) is 4.39 Å². The minimum Gasteiger partial charge on any atom is -0.479 e. The fraction of sp³-hybridized carbons (Fsp3) is 0.143. The fourth-order valence-corrected chi connectivity index (χ4v) is 0.628. The molecule has 0 radical (unpaired) electrons. The maximum atomic E-state index is 12.7. The summed E-state index contributed by atoms with van der Waals surface area (Å²) in [5, 5.41) is 0. The van der Waals surface area contributed by atoms with Crippen molar-refractivity contribution in [3.63, 3.8) is 0 Å². The second kappa shape index (κ2) is 3.66. The van der Waals surface area contributed by atoms with E-state index in [0.717, 1.165) is 0 Å². The van der Waals surface area contributed by atoms with Crippen LogP contribution in [-0.2, 0) is 4.79 Å². The van der Waals surface area contributed by atoms with Crippen molar-refractivity contribution in [1.29, 1.82) is 0 Å². The number of ether oxygens (including phenoxy) is 1. The molecule has 0 saturated heterocycles. The van der Waals surface area contributed by atoms with Crippen LogP contribution in [0.15, 0.2) is 18.3 Å². The van der Waals surface area contributed by atoms with Crippen molar-refractivity contribution in [2.45, 2.75) is 0 Å². The van der Waals surface area contributed by atoms with Crippen molar-refractivity contribution in [3.05, 3.63) is 24.3 Å². The zero-order valence-corrected chi connectivity index (χ0v) is 6.16. The van der Waals surface area contributed by atoms with Crippen LogP contribution >= 0.6 is 0 Å². The van der Waals surface area contributed by atoms with Crippen LogP contribution in [0.1, 0.15) is 0 Å². The van der Waals surface area contributed by atoms with Gasteiger partial charge in [-0.1, -0.05) is 0 Å². The summed E-state index contributed by atoms with van der Waals surface area (Å²) in [6, 6.07) is 2.87. The molecule has 0 saturated carbocycles. The first-order valence-corrected chi connectivity index (χ1v) is 3.22. The molecule has 1 rings (SSSR count). The number of halogens is 1. The van der Waals surface area contributed by atoms with E-state index < -0.39 is 11.9 Å². The van der Waals surface area contributed by atoms with Gasteiger partial charge in [-0.2, -0.15) is 4.39 Å². The number of pyridine rings is 1. The lowest BCUT2D eigenvalue weighted by Crippen LogP contribution is -2.20. The lowest BCUT2D eigenvalue weighted by molar-refractivity contribution is -0.120. The Morgan fingerprint density at radius 1 is 1.75 bits per heavy atom. The molecule has 0 unspecified atom stereocenters. The Balaban J connectivity index is 2.63. The molecule has 1 aromatic rings. The summed E-state index contributed by atoms with van der Waals surface area (Å²) in [4.78, 5) is 13.6. The number of amides is 1. The molecule has 0 fully saturated rings. The van der Waals surface area contributed by atoms with Crippen molar-refractivity contribution in [1.82, 2.24) is 4.98 Å². The van der Waals surface area contributed by atoms with E-state index in [1.165, 1.54) is 18.3 Å². The van der Waals surface area contributed by atoms with E-state index in [2.05, 4.69) is 9.72 Å². The highest BCUT2D eigenvalue weighted by Crippen LogP contribution is 2.11. The smallest absolute Gasteiger partial charge is 0.255 e. The molecule has 0 atom stereocenters. The molecule has 1 amide bonds. The summed E-state index contributed by atoms with van der Waals surface area (Å²) in [5.41, 5.74) is 4.78. The zero-order valence-electron chi connectivity index (χ0n) is 6.16. The van der Waals surface area contributed by atoms with Crippen LogP contribution < -0.4 is 10.5 Å². The molecule has 4 nitrogen and oxygen atoms in total. The first-order chi connectivity index (χ1) is 5.70. The predicted octanol–water partition coefficient (Wildman–Crippen LogP) is 0.0848. The Bertz CT molecular complexity index is 290. The van der Waals surface area contributed by atoms with Gasteiger partial charge in [-0.05, 0) is 12.1 Å². The van der Waals surface area contributed by atoms with Gasteiger partial charge < -0.3 is 10.5 Å². The second-order valence-corrected chi connectivity index (χ2v) is 2.05. The first kappa shape index (κ1) is 8.45. The SMILES string of the molecule is NC(=O)COc1cccnc1F. The van der Waals surface area contributed by atoms with Gasteiger partial charge in [0, 0.05) is 6.20 Å². The Morgan fingerprint density at radius 2 is 2.50 bits per heavy atom. The fourth-order valence-electron chi connectivity index (χ4n) is 0.628. The molecule has 2 N–H and O–H groups in total. The van der Waals surface area contributed by atoms with E-state index in [4.69, 9.17) is 5.73 Å². The van der Waals surface area contributed by atoms with Crippen molar-refractivity contribution in [2.24, 2.45) is 5.73 Å². The number of nitrogens with two attached hydrogens (primary N) is 1. The molecule has 1 heterocycles. The topological polar surface area (TPSA) is 65.2 Å². The largest absolute Gasteiger partial charge is 0.479 e. The van der Waals surface area contributed by atoms with E-state index in [1.54, 1.807) is 0 Å². The number of primary amides is 1. The lowest BCUT2D eigenvalue weighted by Gasteiger charge is -2.02. The third kappa shape index (κ3) is 2.19. The quantitative estimate of drug-likeness (QED) is 0.653. The number of hydrogen-bond donors (Lipinski definition) is 1. The summed E-state index contributed by atoms with van der Waals surface area (Å²) in [6.45, 7) is -0.345. The Hall–Kier alpha value is -1.65. The Morgan fingerprint density at radius 3 is 3.08 bits per heavy atom. The molecule has 0 aliphatic rings. The number of rotatable bonds is 3. The molecule has 5 heteroatoms. The lowest BCUT2D eigenvalue weighted by atomic mass is 10.4. The van der Waals surface area contributed by atoms with E-state index in [0.29, 0.717) is 0 Å². The van der Waals surface area contributed by atoms with Gasteiger partial charge >= 0.3 is 0 Å². The van der Waals surface area contributed by atoms with Crippen LogP contribution in [0, 0.1) is 5.95 Å². The number of carbonyl (C=O) groups is 1. The van der Waals surface area contributed by atoms with E-state index >= 15 is 0 Å². The van der Waals surface area contributed by atoms with Gasteiger partial charge in [0.15, 0.2) is 12.4 Å². The summed E-state index contributed by atoms with van der Waals surface area (Å²) in [5.74, 6) is -1.48. The molecular formula is C7H7FN2O2. The number of carbonyl (C=O) groups excluding carboxylic acids is 1. The van der Waals surface area contributed by atoms with E-state index in [9.17, 15) is 9.18 Å². The molecule has 64 valence electrons. The highest BCUT2D eigenvalue weighted by atomic mass is 19.1. The van der Waals surface area contributed by atoms with Gasteiger partial charge in [0.25, 0.3) is 11.9 Å².